The fraction of sp³-hybridized carbons (Fsp3) is 0.312. The SMILES string of the molecule is CCCOc1cccc(/C(=C\C(=O)N2CCN(C(=O)c3cc(OC)c(OC)c(OC)c3)CC2)c2cccc(Cl)c2)c1. The van der Waals surface area contributed by atoms with E-state index in [0.717, 1.165) is 28.9 Å². The van der Waals surface area contributed by atoms with Gasteiger partial charge in [-0.05, 0) is 59.5 Å². The van der Waals surface area contributed by atoms with Crippen LogP contribution in [0.1, 0.15) is 34.8 Å². The summed E-state index contributed by atoms with van der Waals surface area (Å²) in [6.45, 7) is 4.24. The summed E-state index contributed by atoms with van der Waals surface area (Å²) in [5.41, 5.74) is 2.85. The summed E-state index contributed by atoms with van der Waals surface area (Å²) in [6.07, 6.45) is 2.54. The zero-order valence-corrected chi connectivity index (χ0v) is 24.6. The molecule has 0 N–H and O–H groups in total. The highest BCUT2D eigenvalue weighted by atomic mass is 35.5. The van der Waals surface area contributed by atoms with E-state index in [2.05, 4.69) is 6.92 Å². The van der Waals surface area contributed by atoms with E-state index in [0.29, 0.717) is 60.6 Å². The molecule has 0 saturated carbocycles. The van der Waals surface area contributed by atoms with Crippen LogP contribution in [0.3, 0.4) is 0 Å². The Hall–Kier alpha value is -4.17. The lowest BCUT2D eigenvalue weighted by atomic mass is 9.97. The zero-order valence-electron chi connectivity index (χ0n) is 23.8. The minimum absolute atomic E-state index is 0.139. The van der Waals surface area contributed by atoms with Crippen molar-refractivity contribution in [2.45, 2.75) is 13.3 Å². The number of hydrogen-bond acceptors (Lipinski definition) is 6. The largest absolute Gasteiger partial charge is 0.494 e. The average Bonchev–Trinajstić information content (AvgIpc) is 3.01. The van der Waals surface area contributed by atoms with Gasteiger partial charge in [0.2, 0.25) is 11.7 Å². The molecule has 3 aromatic rings. The molecule has 1 fully saturated rings. The first-order valence-corrected chi connectivity index (χ1v) is 13.8. The molecule has 2 amide bonds. The van der Waals surface area contributed by atoms with E-state index < -0.39 is 0 Å². The Bertz CT molecular complexity index is 1390. The Morgan fingerprint density at radius 3 is 2.00 bits per heavy atom. The Kier molecular flexibility index (Phi) is 10.1. The van der Waals surface area contributed by atoms with Gasteiger partial charge in [0, 0.05) is 42.8 Å². The van der Waals surface area contributed by atoms with Crippen molar-refractivity contribution in [3.05, 3.63) is 88.5 Å². The van der Waals surface area contributed by atoms with Crippen molar-refractivity contribution in [2.24, 2.45) is 0 Å². The van der Waals surface area contributed by atoms with Crippen LogP contribution in [0.15, 0.2) is 66.7 Å². The minimum Gasteiger partial charge on any atom is -0.494 e. The molecule has 0 aromatic heterocycles. The van der Waals surface area contributed by atoms with E-state index in [-0.39, 0.29) is 11.8 Å². The number of piperazine rings is 1. The second-order valence-electron chi connectivity index (χ2n) is 9.48. The van der Waals surface area contributed by atoms with Crippen LogP contribution in [-0.4, -0.2) is 75.7 Å². The Labute approximate surface area is 246 Å². The first-order valence-electron chi connectivity index (χ1n) is 13.5. The standard InChI is InChI=1S/C32H35ClN2O6/c1-5-16-41-26-11-7-9-23(18-26)27(22-8-6-10-25(33)17-22)21-30(36)34-12-14-35(15-13-34)32(37)24-19-28(38-2)31(40-4)29(20-24)39-3/h6-11,17-21H,5,12-16H2,1-4H3/b27-21-. The van der Waals surface area contributed by atoms with Crippen molar-refractivity contribution in [1.29, 1.82) is 0 Å². The Balaban J connectivity index is 1.53. The minimum atomic E-state index is -0.171. The maximum absolute atomic E-state index is 13.5. The van der Waals surface area contributed by atoms with Gasteiger partial charge < -0.3 is 28.7 Å². The Morgan fingerprint density at radius 2 is 1.41 bits per heavy atom. The lowest BCUT2D eigenvalue weighted by molar-refractivity contribution is -0.127. The number of amides is 2. The summed E-state index contributed by atoms with van der Waals surface area (Å²) in [7, 11) is 4.53. The number of nitrogens with zero attached hydrogens (tertiary/aromatic N) is 2. The molecule has 1 aliphatic rings. The van der Waals surface area contributed by atoms with Gasteiger partial charge in [0.05, 0.1) is 27.9 Å². The number of hydrogen-bond donors (Lipinski definition) is 0. The van der Waals surface area contributed by atoms with Gasteiger partial charge in [-0.1, -0.05) is 42.8 Å². The highest BCUT2D eigenvalue weighted by Crippen LogP contribution is 2.38. The normalized spacial score (nSPS) is 13.5. The highest BCUT2D eigenvalue weighted by molar-refractivity contribution is 6.30. The van der Waals surface area contributed by atoms with Gasteiger partial charge in [-0.25, -0.2) is 0 Å². The lowest BCUT2D eigenvalue weighted by Gasteiger charge is -2.34. The summed E-state index contributed by atoms with van der Waals surface area (Å²) in [4.78, 5) is 30.3. The Morgan fingerprint density at radius 1 is 0.805 bits per heavy atom. The van der Waals surface area contributed by atoms with E-state index in [9.17, 15) is 9.59 Å². The van der Waals surface area contributed by atoms with E-state index in [1.807, 2.05) is 42.5 Å². The number of halogens is 1. The van der Waals surface area contributed by atoms with Crippen molar-refractivity contribution in [2.75, 3.05) is 54.1 Å². The van der Waals surface area contributed by atoms with Crippen molar-refractivity contribution in [1.82, 2.24) is 9.80 Å². The molecular weight excluding hydrogens is 544 g/mol. The molecule has 4 rings (SSSR count). The van der Waals surface area contributed by atoms with E-state index in [4.69, 9.17) is 30.5 Å². The molecule has 8 nitrogen and oxygen atoms in total. The third kappa shape index (κ3) is 7.13. The number of methoxy groups -OCH3 is 3. The topological polar surface area (TPSA) is 77.5 Å². The fourth-order valence-electron chi connectivity index (χ4n) is 4.69. The van der Waals surface area contributed by atoms with Crippen LogP contribution in [0.4, 0.5) is 0 Å². The van der Waals surface area contributed by atoms with E-state index >= 15 is 0 Å². The molecule has 0 radical (unpaired) electrons. The van der Waals surface area contributed by atoms with E-state index in [1.165, 1.54) is 21.3 Å². The maximum Gasteiger partial charge on any atom is 0.254 e. The van der Waals surface area contributed by atoms with Gasteiger partial charge in [0.15, 0.2) is 11.5 Å². The summed E-state index contributed by atoms with van der Waals surface area (Å²) in [6, 6.07) is 18.4. The van der Waals surface area contributed by atoms with Crippen LogP contribution < -0.4 is 18.9 Å². The second-order valence-corrected chi connectivity index (χ2v) is 9.91. The molecule has 0 aliphatic carbocycles. The van der Waals surface area contributed by atoms with Crippen molar-refractivity contribution in [3.63, 3.8) is 0 Å². The highest BCUT2D eigenvalue weighted by Gasteiger charge is 2.26. The smallest absolute Gasteiger partial charge is 0.254 e. The van der Waals surface area contributed by atoms with Crippen LogP contribution in [-0.2, 0) is 4.79 Å². The van der Waals surface area contributed by atoms with Gasteiger partial charge in [-0.3, -0.25) is 9.59 Å². The predicted octanol–water partition coefficient (Wildman–Crippen LogP) is 5.57. The van der Waals surface area contributed by atoms with Crippen LogP contribution >= 0.6 is 11.6 Å². The van der Waals surface area contributed by atoms with Crippen molar-refractivity contribution >= 4 is 29.0 Å². The van der Waals surface area contributed by atoms with Gasteiger partial charge in [-0.2, -0.15) is 0 Å². The predicted molar refractivity (Wildman–Crippen MR) is 159 cm³/mol. The third-order valence-electron chi connectivity index (χ3n) is 6.81. The molecule has 216 valence electrons. The number of carbonyl (C=O) groups excluding carboxylic acids is 2. The molecule has 1 aliphatic heterocycles. The molecule has 0 spiro atoms. The molecule has 41 heavy (non-hydrogen) atoms. The summed E-state index contributed by atoms with van der Waals surface area (Å²) in [5, 5.41) is 0.582. The van der Waals surface area contributed by atoms with Gasteiger partial charge in [0.1, 0.15) is 5.75 Å². The monoisotopic (exact) mass is 578 g/mol. The molecule has 3 aromatic carbocycles. The number of benzene rings is 3. The maximum atomic E-state index is 13.5. The van der Waals surface area contributed by atoms with Crippen LogP contribution in [0, 0.1) is 0 Å². The molecule has 0 unspecified atom stereocenters. The lowest BCUT2D eigenvalue weighted by Crippen LogP contribution is -2.50. The molecule has 0 atom stereocenters. The first-order chi connectivity index (χ1) is 19.9. The summed E-state index contributed by atoms with van der Waals surface area (Å²) >= 11 is 6.31. The van der Waals surface area contributed by atoms with Crippen LogP contribution in [0.5, 0.6) is 23.0 Å². The van der Waals surface area contributed by atoms with Gasteiger partial charge >= 0.3 is 0 Å². The molecule has 1 saturated heterocycles. The molecular formula is C32H35ClN2O6. The summed E-state index contributed by atoms with van der Waals surface area (Å²) < 4.78 is 22.0. The fourth-order valence-corrected chi connectivity index (χ4v) is 4.88. The third-order valence-corrected chi connectivity index (χ3v) is 7.05. The van der Waals surface area contributed by atoms with Crippen molar-refractivity contribution in [3.8, 4) is 23.0 Å². The van der Waals surface area contributed by atoms with Crippen LogP contribution in [0.25, 0.3) is 5.57 Å². The van der Waals surface area contributed by atoms with E-state index in [1.54, 1.807) is 34.1 Å². The zero-order chi connectivity index (χ0) is 29.4. The number of carbonyl (C=O) groups is 2. The van der Waals surface area contributed by atoms with Gasteiger partial charge in [0.25, 0.3) is 5.91 Å². The average molecular weight is 579 g/mol. The quantitative estimate of drug-likeness (QED) is 0.293. The molecule has 0 bridgehead atoms. The van der Waals surface area contributed by atoms with Gasteiger partial charge in [-0.15, -0.1) is 0 Å². The molecule has 1 heterocycles. The number of rotatable bonds is 10. The van der Waals surface area contributed by atoms with Crippen molar-refractivity contribution < 1.29 is 28.5 Å². The second kappa shape index (κ2) is 13.9. The number of ether oxygens (including phenoxy) is 4. The van der Waals surface area contributed by atoms with Crippen LogP contribution in [0.2, 0.25) is 5.02 Å². The first kappa shape index (κ1) is 29.8. The summed E-state index contributed by atoms with van der Waals surface area (Å²) in [5.74, 6) is 1.67. The molecule has 9 heteroatoms.